The molecule has 0 aromatic carbocycles. The maximum atomic E-state index is 5.68. The van der Waals surface area contributed by atoms with Crippen LogP contribution in [0.1, 0.15) is 19.8 Å². The van der Waals surface area contributed by atoms with Crippen molar-refractivity contribution in [1.82, 2.24) is 9.88 Å². The molecule has 2 rings (SSSR count). The van der Waals surface area contributed by atoms with E-state index in [0.717, 1.165) is 23.4 Å². The highest BCUT2D eigenvalue weighted by Crippen LogP contribution is 2.24. The monoisotopic (exact) mass is 298 g/mol. The number of rotatable bonds is 3. The first-order valence-electron chi connectivity index (χ1n) is 6.09. The molecule has 5 heteroatoms. The molecule has 1 saturated heterocycles. The number of nitrogens with zero attached hydrogens (tertiary/aromatic N) is 2. The number of piperidine rings is 1. The van der Waals surface area contributed by atoms with Gasteiger partial charge < -0.3 is 16.0 Å². The summed E-state index contributed by atoms with van der Waals surface area (Å²) in [6, 6.07) is 2.37. The molecule has 0 saturated carbocycles. The van der Waals surface area contributed by atoms with E-state index in [1.165, 1.54) is 19.4 Å². The van der Waals surface area contributed by atoms with Crippen LogP contribution in [0.3, 0.4) is 0 Å². The fraction of sp³-hybridized carbons (Fsp3) is 0.583. The van der Waals surface area contributed by atoms with E-state index < -0.39 is 0 Å². The minimum absolute atomic E-state index is 0.483. The fourth-order valence-corrected chi connectivity index (χ4v) is 2.69. The van der Waals surface area contributed by atoms with Gasteiger partial charge in [0, 0.05) is 12.6 Å². The zero-order valence-electron chi connectivity index (χ0n) is 10.1. The molecule has 2 heterocycles. The van der Waals surface area contributed by atoms with Crippen LogP contribution in [0.2, 0.25) is 0 Å². The molecule has 0 radical (unpaired) electrons. The lowest BCUT2D eigenvalue weighted by atomic mass is 10.1. The topological polar surface area (TPSA) is 54.2 Å². The summed E-state index contributed by atoms with van der Waals surface area (Å²) in [6.07, 6.45) is 4.14. The van der Waals surface area contributed by atoms with Crippen LogP contribution in [0.15, 0.2) is 16.7 Å². The van der Waals surface area contributed by atoms with Gasteiger partial charge in [-0.2, -0.15) is 0 Å². The molecule has 1 fully saturated rings. The third-order valence-corrected chi connectivity index (χ3v) is 3.76. The number of anilines is 2. The van der Waals surface area contributed by atoms with Crippen LogP contribution in [-0.4, -0.2) is 35.6 Å². The van der Waals surface area contributed by atoms with Gasteiger partial charge in [0.05, 0.1) is 16.4 Å². The van der Waals surface area contributed by atoms with Crippen LogP contribution >= 0.6 is 15.9 Å². The standard InChI is InChI=1S/C12H19BrN4/c1-2-17-5-3-4-10(8-17)16-12-11(13)6-9(14)7-15-12/h6-7,10H,2-5,8,14H2,1H3,(H,15,16). The summed E-state index contributed by atoms with van der Waals surface area (Å²) >= 11 is 3.49. The van der Waals surface area contributed by atoms with E-state index in [0.29, 0.717) is 11.7 Å². The lowest BCUT2D eigenvalue weighted by Crippen LogP contribution is -2.42. The highest BCUT2D eigenvalue weighted by atomic mass is 79.9. The SMILES string of the molecule is CCN1CCCC(Nc2ncc(N)cc2Br)C1. The second-order valence-electron chi connectivity index (χ2n) is 4.48. The Hall–Kier alpha value is -0.810. The van der Waals surface area contributed by atoms with Gasteiger partial charge in [0.1, 0.15) is 5.82 Å². The normalized spacial score (nSPS) is 21.4. The molecule has 1 aromatic rings. The number of hydrogen-bond acceptors (Lipinski definition) is 4. The molecule has 17 heavy (non-hydrogen) atoms. The van der Waals surface area contributed by atoms with E-state index in [-0.39, 0.29) is 0 Å². The minimum atomic E-state index is 0.483. The molecule has 1 aromatic heterocycles. The molecule has 1 unspecified atom stereocenters. The average molecular weight is 299 g/mol. The van der Waals surface area contributed by atoms with E-state index in [1.807, 2.05) is 6.07 Å². The number of nitrogens with two attached hydrogens (primary N) is 1. The third-order valence-electron chi connectivity index (χ3n) is 3.16. The Morgan fingerprint density at radius 3 is 3.18 bits per heavy atom. The zero-order valence-corrected chi connectivity index (χ0v) is 11.7. The van der Waals surface area contributed by atoms with E-state index in [2.05, 4.69) is 38.1 Å². The first-order valence-corrected chi connectivity index (χ1v) is 6.88. The maximum Gasteiger partial charge on any atom is 0.140 e. The second-order valence-corrected chi connectivity index (χ2v) is 5.33. The van der Waals surface area contributed by atoms with Crippen molar-refractivity contribution in [1.29, 1.82) is 0 Å². The number of nitrogen functional groups attached to an aromatic ring is 1. The summed E-state index contributed by atoms with van der Waals surface area (Å²) in [6.45, 7) is 5.63. The molecule has 1 atom stereocenters. The number of likely N-dealkylation sites (tertiary alicyclic amines) is 1. The van der Waals surface area contributed by atoms with Gasteiger partial charge in [-0.1, -0.05) is 6.92 Å². The van der Waals surface area contributed by atoms with Crippen LogP contribution in [0.4, 0.5) is 11.5 Å². The molecular weight excluding hydrogens is 280 g/mol. The number of hydrogen-bond donors (Lipinski definition) is 2. The molecule has 0 aliphatic carbocycles. The van der Waals surface area contributed by atoms with Crippen LogP contribution < -0.4 is 11.1 Å². The summed E-state index contributed by atoms with van der Waals surface area (Å²) in [5.41, 5.74) is 6.36. The number of halogens is 1. The van der Waals surface area contributed by atoms with Crippen molar-refractivity contribution < 1.29 is 0 Å². The summed E-state index contributed by atoms with van der Waals surface area (Å²) in [4.78, 5) is 6.79. The van der Waals surface area contributed by atoms with Crippen LogP contribution in [0, 0.1) is 0 Å². The van der Waals surface area contributed by atoms with Crippen LogP contribution in [0.5, 0.6) is 0 Å². The van der Waals surface area contributed by atoms with Crippen molar-refractivity contribution in [2.45, 2.75) is 25.8 Å². The Bertz CT molecular complexity index is 383. The van der Waals surface area contributed by atoms with E-state index in [9.17, 15) is 0 Å². The first kappa shape index (κ1) is 12.6. The predicted octanol–water partition coefficient (Wildman–Crippen LogP) is 2.32. The number of aromatic nitrogens is 1. The molecule has 1 aliphatic heterocycles. The number of nitrogens with one attached hydrogen (secondary N) is 1. The van der Waals surface area contributed by atoms with E-state index in [1.54, 1.807) is 6.20 Å². The summed E-state index contributed by atoms with van der Waals surface area (Å²) in [7, 11) is 0. The van der Waals surface area contributed by atoms with Gasteiger partial charge in [0.25, 0.3) is 0 Å². The minimum Gasteiger partial charge on any atom is -0.397 e. The van der Waals surface area contributed by atoms with Gasteiger partial charge in [0.2, 0.25) is 0 Å². The summed E-state index contributed by atoms with van der Waals surface area (Å²) in [5.74, 6) is 0.891. The second kappa shape index (κ2) is 5.69. The average Bonchev–Trinajstić information content (AvgIpc) is 2.33. The van der Waals surface area contributed by atoms with Gasteiger partial charge >= 0.3 is 0 Å². The van der Waals surface area contributed by atoms with Crippen molar-refractivity contribution in [3.8, 4) is 0 Å². The Balaban J connectivity index is 2.00. The maximum absolute atomic E-state index is 5.68. The Kier molecular flexibility index (Phi) is 4.23. The third kappa shape index (κ3) is 3.33. The highest BCUT2D eigenvalue weighted by Gasteiger charge is 2.19. The summed E-state index contributed by atoms with van der Waals surface area (Å²) < 4.78 is 0.936. The van der Waals surface area contributed by atoms with Gasteiger partial charge in [-0.3, -0.25) is 0 Å². The smallest absolute Gasteiger partial charge is 0.140 e. The van der Waals surface area contributed by atoms with Crippen LogP contribution in [-0.2, 0) is 0 Å². The quantitative estimate of drug-likeness (QED) is 0.899. The number of likely N-dealkylation sites (N-methyl/N-ethyl adjacent to an activating group) is 1. The Morgan fingerprint density at radius 1 is 1.65 bits per heavy atom. The molecule has 0 spiro atoms. The highest BCUT2D eigenvalue weighted by molar-refractivity contribution is 9.10. The fourth-order valence-electron chi connectivity index (χ4n) is 2.21. The van der Waals surface area contributed by atoms with Crippen molar-refractivity contribution in [3.05, 3.63) is 16.7 Å². The lowest BCUT2D eigenvalue weighted by Gasteiger charge is -2.32. The lowest BCUT2D eigenvalue weighted by molar-refractivity contribution is 0.226. The molecule has 0 amide bonds. The van der Waals surface area contributed by atoms with E-state index >= 15 is 0 Å². The van der Waals surface area contributed by atoms with Gasteiger partial charge in [-0.05, 0) is 47.9 Å². The Labute approximate surface area is 111 Å². The van der Waals surface area contributed by atoms with E-state index in [4.69, 9.17) is 5.73 Å². The van der Waals surface area contributed by atoms with Crippen molar-refractivity contribution in [2.75, 3.05) is 30.7 Å². The van der Waals surface area contributed by atoms with Crippen molar-refractivity contribution in [3.63, 3.8) is 0 Å². The van der Waals surface area contributed by atoms with Gasteiger partial charge in [0.15, 0.2) is 0 Å². The molecule has 0 bridgehead atoms. The zero-order chi connectivity index (χ0) is 12.3. The number of pyridine rings is 1. The molecule has 4 nitrogen and oxygen atoms in total. The van der Waals surface area contributed by atoms with Crippen LogP contribution in [0.25, 0.3) is 0 Å². The summed E-state index contributed by atoms with van der Waals surface area (Å²) in [5, 5.41) is 3.49. The molecule has 1 aliphatic rings. The van der Waals surface area contributed by atoms with Gasteiger partial charge in [-0.25, -0.2) is 4.98 Å². The largest absolute Gasteiger partial charge is 0.397 e. The van der Waals surface area contributed by atoms with Crippen molar-refractivity contribution >= 4 is 27.4 Å². The first-order chi connectivity index (χ1) is 8.19. The predicted molar refractivity (Wildman–Crippen MR) is 75.1 cm³/mol. The molecule has 3 N–H and O–H groups in total. The molecule has 94 valence electrons. The van der Waals surface area contributed by atoms with Gasteiger partial charge in [-0.15, -0.1) is 0 Å². The molecular formula is C12H19BrN4. The van der Waals surface area contributed by atoms with Crippen molar-refractivity contribution in [2.24, 2.45) is 0 Å². The Morgan fingerprint density at radius 2 is 2.47 bits per heavy atom.